The molecule has 5 nitrogen and oxygen atoms in total. The zero-order chi connectivity index (χ0) is 10.8. The lowest BCUT2D eigenvalue weighted by molar-refractivity contribution is 0.170. The number of ether oxygens (including phenoxy) is 4. The van der Waals surface area contributed by atoms with Gasteiger partial charge in [-0.2, -0.15) is 0 Å². The molecule has 0 fully saturated rings. The van der Waals surface area contributed by atoms with Crippen LogP contribution in [0.1, 0.15) is 5.56 Å². The Morgan fingerprint density at radius 1 is 1.25 bits per heavy atom. The Kier molecular flexibility index (Phi) is 4.09. The summed E-state index contributed by atoms with van der Waals surface area (Å²) < 4.78 is 21.0. The van der Waals surface area contributed by atoms with E-state index in [1.54, 1.807) is 14.2 Å². The second kappa shape index (κ2) is 5.14. The third kappa shape index (κ3) is 1.83. The second-order valence-electron chi connectivity index (χ2n) is 3.04. The summed E-state index contributed by atoms with van der Waals surface area (Å²) in [4.78, 5) is 0. The smallest absolute Gasteiger partial charge is 0.231 e. The molecule has 0 saturated carbocycles. The summed E-state index contributed by atoms with van der Waals surface area (Å²) in [6.07, 6.45) is 0. The Bertz CT molecular complexity index is 384. The summed E-state index contributed by atoms with van der Waals surface area (Å²) >= 11 is 0. The van der Waals surface area contributed by atoms with Gasteiger partial charge in [0.2, 0.25) is 18.3 Å². The van der Waals surface area contributed by atoms with Crippen molar-refractivity contribution in [2.75, 3.05) is 21.0 Å². The van der Waals surface area contributed by atoms with Crippen LogP contribution in [-0.4, -0.2) is 21.0 Å². The molecule has 0 aromatic heterocycles. The van der Waals surface area contributed by atoms with Gasteiger partial charge in [-0.3, -0.25) is 0 Å². The summed E-state index contributed by atoms with van der Waals surface area (Å²) in [7, 11) is 3.12. The van der Waals surface area contributed by atoms with Gasteiger partial charge >= 0.3 is 0 Å². The third-order valence-electron chi connectivity index (χ3n) is 2.28. The third-order valence-corrected chi connectivity index (χ3v) is 2.28. The van der Waals surface area contributed by atoms with Crippen molar-refractivity contribution in [1.29, 1.82) is 0 Å². The van der Waals surface area contributed by atoms with Crippen molar-refractivity contribution in [2.45, 2.75) is 6.54 Å². The zero-order valence-corrected chi connectivity index (χ0v) is 9.93. The fourth-order valence-corrected chi connectivity index (χ4v) is 1.61. The minimum Gasteiger partial charge on any atom is -0.492 e. The maximum absolute atomic E-state index is 5.61. The predicted octanol–water partition coefficient (Wildman–Crippen LogP) is 1.31. The van der Waals surface area contributed by atoms with E-state index < -0.39 is 0 Å². The van der Waals surface area contributed by atoms with E-state index in [1.165, 1.54) is 0 Å². The molecule has 90 valence electrons. The number of benzene rings is 1. The van der Waals surface area contributed by atoms with Crippen molar-refractivity contribution >= 4 is 12.4 Å². The van der Waals surface area contributed by atoms with Crippen molar-refractivity contribution in [3.05, 3.63) is 11.6 Å². The van der Waals surface area contributed by atoms with E-state index in [0.717, 1.165) is 5.56 Å². The molecule has 1 aliphatic rings. The van der Waals surface area contributed by atoms with Crippen LogP contribution in [0, 0.1) is 0 Å². The van der Waals surface area contributed by atoms with E-state index in [-0.39, 0.29) is 19.2 Å². The largest absolute Gasteiger partial charge is 0.492 e. The molecule has 1 aromatic carbocycles. The van der Waals surface area contributed by atoms with Crippen LogP contribution in [0.5, 0.6) is 23.0 Å². The van der Waals surface area contributed by atoms with Crippen LogP contribution in [0.3, 0.4) is 0 Å². The zero-order valence-electron chi connectivity index (χ0n) is 9.11. The quantitative estimate of drug-likeness (QED) is 0.873. The molecule has 0 aliphatic carbocycles. The van der Waals surface area contributed by atoms with Gasteiger partial charge in [0.25, 0.3) is 0 Å². The summed E-state index contributed by atoms with van der Waals surface area (Å²) in [5, 5.41) is 0. The SMILES string of the molecule is COc1c(CN)cc2c(c1OC)OCO2.Cl. The molecule has 0 bridgehead atoms. The highest BCUT2D eigenvalue weighted by atomic mass is 35.5. The molecule has 0 atom stereocenters. The Morgan fingerprint density at radius 3 is 2.50 bits per heavy atom. The Hall–Kier alpha value is -1.33. The maximum atomic E-state index is 5.61. The monoisotopic (exact) mass is 247 g/mol. The summed E-state index contributed by atoms with van der Waals surface area (Å²) in [6.45, 7) is 0.555. The van der Waals surface area contributed by atoms with E-state index in [0.29, 0.717) is 29.5 Å². The highest BCUT2D eigenvalue weighted by molar-refractivity contribution is 5.85. The van der Waals surface area contributed by atoms with Crippen molar-refractivity contribution in [3.63, 3.8) is 0 Å². The topological polar surface area (TPSA) is 62.9 Å². The molecule has 6 heteroatoms. The van der Waals surface area contributed by atoms with Crippen LogP contribution in [0.25, 0.3) is 0 Å². The molecule has 1 aliphatic heterocycles. The summed E-state index contributed by atoms with van der Waals surface area (Å²) in [5.74, 6) is 2.36. The number of nitrogens with two attached hydrogens (primary N) is 1. The molecule has 16 heavy (non-hydrogen) atoms. The molecule has 1 heterocycles. The highest BCUT2D eigenvalue weighted by Crippen LogP contribution is 2.48. The van der Waals surface area contributed by atoms with Gasteiger partial charge in [0.05, 0.1) is 14.2 Å². The van der Waals surface area contributed by atoms with Crippen molar-refractivity contribution in [1.82, 2.24) is 0 Å². The highest BCUT2D eigenvalue weighted by Gasteiger charge is 2.25. The van der Waals surface area contributed by atoms with Gasteiger partial charge in [-0.1, -0.05) is 0 Å². The molecule has 0 spiro atoms. The van der Waals surface area contributed by atoms with Gasteiger partial charge in [-0.05, 0) is 6.07 Å². The van der Waals surface area contributed by atoms with E-state index in [4.69, 9.17) is 24.7 Å². The standard InChI is InChI=1S/C10H13NO4.ClH/c1-12-8-6(4-11)3-7-9(10(8)13-2)15-5-14-7;/h3H,4-5,11H2,1-2H3;1H. The summed E-state index contributed by atoms with van der Waals surface area (Å²) in [5.41, 5.74) is 6.44. The number of hydrogen-bond acceptors (Lipinski definition) is 5. The van der Waals surface area contributed by atoms with Crippen LogP contribution >= 0.6 is 12.4 Å². The first-order valence-electron chi connectivity index (χ1n) is 4.55. The predicted molar refractivity (Wildman–Crippen MR) is 60.8 cm³/mol. The Labute approximate surface area is 99.8 Å². The molecular weight excluding hydrogens is 234 g/mol. The van der Waals surface area contributed by atoms with Crippen LogP contribution in [0.2, 0.25) is 0 Å². The molecular formula is C10H14ClNO4. The van der Waals surface area contributed by atoms with Gasteiger partial charge in [0.1, 0.15) is 0 Å². The Morgan fingerprint density at radius 2 is 1.94 bits per heavy atom. The van der Waals surface area contributed by atoms with Crippen LogP contribution in [-0.2, 0) is 6.54 Å². The van der Waals surface area contributed by atoms with Crippen LogP contribution in [0.4, 0.5) is 0 Å². The van der Waals surface area contributed by atoms with Gasteiger partial charge in [-0.15, -0.1) is 12.4 Å². The number of rotatable bonds is 3. The fraction of sp³-hybridized carbons (Fsp3) is 0.400. The van der Waals surface area contributed by atoms with E-state index in [2.05, 4.69) is 0 Å². The Balaban J connectivity index is 0.00000128. The van der Waals surface area contributed by atoms with Crippen LogP contribution in [0.15, 0.2) is 6.07 Å². The van der Waals surface area contributed by atoms with Crippen molar-refractivity contribution in [3.8, 4) is 23.0 Å². The minimum atomic E-state index is 0. The van der Waals surface area contributed by atoms with E-state index >= 15 is 0 Å². The van der Waals surface area contributed by atoms with Gasteiger partial charge < -0.3 is 24.7 Å². The van der Waals surface area contributed by atoms with Gasteiger partial charge in [-0.25, -0.2) is 0 Å². The number of halogens is 1. The minimum absolute atomic E-state index is 0. The lowest BCUT2D eigenvalue weighted by atomic mass is 10.1. The molecule has 0 saturated heterocycles. The van der Waals surface area contributed by atoms with Gasteiger partial charge in [0.15, 0.2) is 11.5 Å². The fourth-order valence-electron chi connectivity index (χ4n) is 1.61. The second-order valence-corrected chi connectivity index (χ2v) is 3.04. The van der Waals surface area contributed by atoms with Crippen molar-refractivity contribution < 1.29 is 18.9 Å². The number of methoxy groups -OCH3 is 2. The van der Waals surface area contributed by atoms with E-state index in [9.17, 15) is 0 Å². The first-order chi connectivity index (χ1) is 7.31. The molecule has 0 radical (unpaired) electrons. The van der Waals surface area contributed by atoms with Gasteiger partial charge in [0, 0.05) is 12.1 Å². The molecule has 0 amide bonds. The average molecular weight is 248 g/mol. The molecule has 1 aromatic rings. The number of fused-ring (bicyclic) bond motifs is 1. The number of hydrogen-bond donors (Lipinski definition) is 1. The van der Waals surface area contributed by atoms with E-state index in [1.807, 2.05) is 6.07 Å². The lowest BCUT2D eigenvalue weighted by Crippen LogP contribution is -2.02. The average Bonchev–Trinajstić information content (AvgIpc) is 2.73. The first kappa shape index (κ1) is 12.7. The molecule has 2 N–H and O–H groups in total. The normalized spacial score (nSPS) is 11.9. The lowest BCUT2D eigenvalue weighted by Gasteiger charge is -2.13. The first-order valence-corrected chi connectivity index (χ1v) is 4.55. The summed E-state index contributed by atoms with van der Waals surface area (Å²) in [6, 6.07) is 1.81. The maximum Gasteiger partial charge on any atom is 0.231 e. The van der Waals surface area contributed by atoms with Crippen molar-refractivity contribution in [2.24, 2.45) is 5.73 Å². The van der Waals surface area contributed by atoms with Crippen LogP contribution < -0.4 is 24.7 Å². The molecule has 0 unspecified atom stereocenters. The molecule has 2 rings (SSSR count).